The van der Waals surface area contributed by atoms with E-state index < -0.39 is 0 Å². The molecular formula is C26H26N6O3. The highest BCUT2D eigenvalue weighted by atomic mass is 16.5. The van der Waals surface area contributed by atoms with Crippen LogP contribution < -0.4 is 14.4 Å². The van der Waals surface area contributed by atoms with E-state index in [1.165, 1.54) is 0 Å². The van der Waals surface area contributed by atoms with Crippen LogP contribution in [0.25, 0.3) is 22.5 Å². The minimum absolute atomic E-state index is 0.0627. The molecule has 1 aliphatic rings. The molecule has 0 bridgehead atoms. The molecule has 1 N–H and O–H groups in total. The van der Waals surface area contributed by atoms with E-state index >= 15 is 0 Å². The Kier molecular flexibility index (Phi) is 6.30. The molecule has 178 valence electrons. The molecule has 0 radical (unpaired) electrons. The van der Waals surface area contributed by atoms with E-state index in [-0.39, 0.29) is 5.91 Å². The zero-order valence-electron chi connectivity index (χ0n) is 19.6. The van der Waals surface area contributed by atoms with Crippen molar-refractivity contribution in [3.63, 3.8) is 0 Å². The van der Waals surface area contributed by atoms with Gasteiger partial charge in [-0.05, 0) is 54.6 Å². The number of anilines is 1. The van der Waals surface area contributed by atoms with Crippen molar-refractivity contribution in [3.8, 4) is 34.0 Å². The minimum atomic E-state index is -0.0627. The zero-order chi connectivity index (χ0) is 24.2. The van der Waals surface area contributed by atoms with Crippen LogP contribution in [0, 0.1) is 0 Å². The van der Waals surface area contributed by atoms with Crippen LogP contribution in [0.2, 0.25) is 0 Å². The molecule has 35 heavy (non-hydrogen) atoms. The van der Waals surface area contributed by atoms with Gasteiger partial charge in [0.05, 0.1) is 25.6 Å². The Morgan fingerprint density at radius 2 is 1.57 bits per heavy atom. The van der Waals surface area contributed by atoms with E-state index in [0.717, 1.165) is 34.1 Å². The molecular weight excluding hydrogens is 444 g/mol. The molecule has 4 aromatic rings. The van der Waals surface area contributed by atoms with Gasteiger partial charge in [0.15, 0.2) is 5.82 Å². The number of amides is 1. The summed E-state index contributed by atoms with van der Waals surface area (Å²) in [6.07, 6.45) is 0. The number of benzene rings is 2. The summed E-state index contributed by atoms with van der Waals surface area (Å²) in [6.45, 7) is 2.54. The van der Waals surface area contributed by atoms with Crippen LogP contribution in [0.5, 0.6) is 11.5 Å². The first-order valence-electron chi connectivity index (χ1n) is 11.4. The highest BCUT2D eigenvalue weighted by molar-refractivity contribution is 5.93. The molecule has 5 rings (SSSR count). The highest BCUT2D eigenvalue weighted by Crippen LogP contribution is 2.24. The maximum absolute atomic E-state index is 13.0. The Labute approximate surface area is 203 Å². The van der Waals surface area contributed by atoms with Crippen LogP contribution in [0.15, 0.2) is 66.7 Å². The van der Waals surface area contributed by atoms with Crippen LogP contribution >= 0.6 is 0 Å². The normalized spacial score (nSPS) is 13.5. The molecule has 1 saturated heterocycles. The number of carbonyl (C=O) groups excluding carboxylic acids is 1. The maximum atomic E-state index is 13.0. The molecule has 2 aromatic heterocycles. The topological polar surface area (TPSA) is 96.5 Å². The predicted octanol–water partition coefficient (Wildman–Crippen LogP) is 3.51. The first kappa shape index (κ1) is 22.4. The summed E-state index contributed by atoms with van der Waals surface area (Å²) in [6, 6.07) is 21.1. The summed E-state index contributed by atoms with van der Waals surface area (Å²) >= 11 is 0. The van der Waals surface area contributed by atoms with Gasteiger partial charge in [0, 0.05) is 37.3 Å². The number of nitrogens with one attached hydrogen (secondary N) is 1. The first-order valence-corrected chi connectivity index (χ1v) is 11.4. The van der Waals surface area contributed by atoms with Gasteiger partial charge >= 0.3 is 0 Å². The van der Waals surface area contributed by atoms with Crippen LogP contribution in [-0.4, -0.2) is 71.6 Å². The molecule has 0 aliphatic carbocycles. The number of H-pyrrole nitrogens is 1. The van der Waals surface area contributed by atoms with Gasteiger partial charge < -0.3 is 19.3 Å². The minimum Gasteiger partial charge on any atom is -0.497 e. The maximum Gasteiger partial charge on any atom is 0.272 e. The molecule has 3 heterocycles. The summed E-state index contributed by atoms with van der Waals surface area (Å²) in [5, 5.41) is 16.0. The number of aromatic amines is 1. The number of rotatable bonds is 6. The van der Waals surface area contributed by atoms with E-state index in [1.807, 2.05) is 65.6 Å². The predicted molar refractivity (Wildman–Crippen MR) is 133 cm³/mol. The fraction of sp³-hybridized carbons (Fsp3) is 0.231. The number of piperazine rings is 1. The van der Waals surface area contributed by atoms with Gasteiger partial charge in [0.1, 0.15) is 17.2 Å². The van der Waals surface area contributed by atoms with Crippen molar-refractivity contribution in [2.24, 2.45) is 0 Å². The molecule has 2 aromatic carbocycles. The van der Waals surface area contributed by atoms with Gasteiger partial charge in [-0.15, -0.1) is 10.2 Å². The van der Waals surface area contributed by atoms with Crippen LogP contribution in [0.4, 0.5) is 5.82 Å². The third-order valence-electron chi connectivity index (χ3n) is 6.10. The first-order chi connectivity index (χ1) is 17.1. The molecule has 1 aliphatic heterocycles. The average molecular weight is 471 g/mol. The molecule has 9 nitrogen and oxygen atoms in total. The lowest BCUT2D eigenvalue weighted by atomic mass is 10.1. The summed E-state index contributed by atoms with van der Waals surface area (Å²) < 4.78 is 10.5. The second-order valence-corrected chi connectivity index (χ2v) is 8.18. The Morgan fingerprint density at radius 1 is 0.800 bits per heavy atom. The van der Waals surface area contributed by atoms with E-state index in [1.54, 1.807) is 20.3 Å². The van der Waals surface area contributed by atoms with Gasteiger partial charge in [-0.25, -0.2) is 0 Å². The zero-order valence-corrected chi connectivity index (χ0v) is 19.6. The lowest BCUT2D eigenvalue weighted by Crippen LogP contribution is -2.49. The third kappa shape index (κ3) is 4.79. The number of hydrogen-bond acceptors (Lipinski definition) is 7. The van der Waals surface area contributed by atoms with E-state index in [0.29, 0.717) is 37.6 Å². The van der Waals surface area contributed by atoms with Crippen LogP contribution in [0.1, 0.15) is 10.5 Å². The standard InChI is InChI=1S/C26H26N6O3/c1-34-20-8-6-18(7-9-20)22-10-11-25(30-27-22)31-12-14-32(15-13-31)26(33)24-17-23(28-29-24)19-4-3-5-21(16-19)35-2/h3-11,16-17H,12-15H2,1-2H3,(H,28,29). The molecule has 0 atom stereocenters. The Bertz CT molecular complexity index is 1300. The molecule has 9 heteroatoms. The molecule has 0 unspecified atom stereocenters. The second-order valence-electron chi connectivity index (χ2n) is 8.18. The smallest absolute Gasteiger partial charge is 0.272 e. The molecule has 0 spiro atoms. The average Bonchev–Trinajstić information content (AvgIpc) is 3.43. The van der Waals surface area contributed by atoms with Crippen molar-refractivity contribution in [2.45, 2.75) is 0 Å². The largest absolute Gasteiger partial charge is 0.497 e. The third-order valence-corrected chi connectivity index (χ3v) is 6.10. The summed E-state index contributed by atoms with van der Waals surface area (Å²) in [5.41, 5.74) is 3.85. The number of hydrogen-bond donors (Lipinski definition) is 1. The second kappa shape index (κ2) is 9.84. The van der Waals surface area contributed by atoms with Gasteiger partial charge in [-0.2, -0.15) is 5.10 Å². The van der Waals surface area contributed by atoms with E-state index in [9.17, 15) is 4.79 Å². The Hall–Kier alpha value is -4.40. The van der Waals surface area contributed by atoms with Gasteiger partial charge in [-0.1, -0.05) is 12.1 Å². The monoisotopic (exact) mass is 470 g/mol. The SMILES string of the molecule is COc1ccc(-c2ccc(N3CCN(C(=O)c4cc(-c5cccc(OC)c5)n[nH]4)CC3)nn2)cc1. The Morgan fingerprint density at radius 3 is 2.26 bits per heavy atom. The summed E-state index contributed by atoms with van der Waals surface area (Å²) in [4.78, 5) is 17.0. The summed E-state index contributed by atoms with van der Waals surface area (Å²) in [5.74, 6) is 2.29. The van der Waals surface area contributed by atoms with E-state index in [2.05, 4.69) is 25.3 Å². The fourth-order valence-corrected chi connectivity index (χ4v) is 4.08. The van der Waals surface area contributed by atoms with Crippen molar-refractivity contribution in [1.29, 1.82) is 0 Å². The fourth-order valence-electron chi connectivity index (χ4n) is 4.08. The quantitative estimate of drug-likeness (QED) is 0.461. The van der Waals surface area contributed by atoms with Gasteiger partial charge in [0.25, 0.3) is 5.91 Å². The lowest BCUT2D eigenvalue weighted by molar-refractivity contribution is 0.0740. The van der Waals surface area contributed by atoms with Crippen molar-refractivity contribution >= 4 is 11.7 Å². The van der Waals surface area contributed by atoms with Crippen molar-refractivity contribution in [3.05, 3.63) is 72.4 Å². The van der Waals surface area contributed by atoms with Crippen LogP contribution in [0.3, 0.4) is 0 Å². The number of carbonyl (C=O) groups is 1. The van der Waals surface area contributed by atoms with Crippen molar-refractivity contribution in [2.75, 3.05) is 45.3 Å². The van der Waals surface area contributed by atoms with Crippen LogP contribution in [-0.2, 0) is 0 Å². The van der Waals surface area contributed by atoms with Gasteiger partial charge in [0.2, 0.25) is 0 Å². The number of ether oxygens (including phenoxy) is 2. The van der Waals surface area contributed by atoms with Crippen molar-refractivity contribution < 1.29 is 14.3 Å². The highest BCUT2D eigenvalue weighted by Gasteiger charge is 2.24. The molecule has 1 amide bonds. The van der Waals surface area contributed by atoms with Gasteiger partial charge in [-0.3, -0.25) is 9.89 Å². The number of nitrogens with zero attached hydrogens (tertiary/aromatic N) is 5. The van der Waals surface area contributed by atoms with Crippen molar-refractivity contribution in [1.82, 2.24) is 25.3 Å². The summed E-state index contributed by atoms with van der Waals surface area (Å²) in [7, 11) is 3.27. The Balaban J connectivity index is 1.20. The molecule has 0 saturated carbocycles. The molecule has 1 fully saturated rings. The van der Waals surface area contributed by atoms with E-state index in [4.69, 9.17) is 9.47 Å². The lowest BCUT2D eigenvalue weighted by Gasteiger charge is -2.34. The number of methoxy groups -OCH3 is 2. The number of aromatic nitrogens is 4.